The van der Waals surface area contributed by atoms with Crippen molar-refractivity contribution in [2.75, 3.05) is 12.2 Å². The van der Waals surface area contributed by atoms with Gasteiger partial charge in [-0.3, -0.25) is 9.63 Å². The van der Waals surface area contributed by atoms with Crippen LogP contribution in [-0.2, 0) is 9.63 Å². The van der Waals surface area contributed by atoms with Gasteiger partial charge < -0.3 is 4.98 Å². The first-order chi connectivity index (χ1) is 9.61. The smallest absolute Gasteiger partial charge is 0.282 e. The second kappa shape index (κ2) is 4.65. The molecular formula is C16H16N2O2. The van der Waals surface area contributed by atoms with Gasteiger partial charge in [-0.15, -0.1) is 0 Å². The van der Waals surface area contributed by atoms with E-state index < -0.39 is 0 Å². The summed E-state index contributed by atoms with van der Waals surface area (Å²) >= 11 is 0. The maximum absolute atomic E-state index is 12.4. The Morgan fingerprint density at radius 2 is 2.00 bits per heavy atom. The van der Waals surface area contributed by atoms with E-state index in [1.54, 1.807) is 0 Å². The summed E-state index contributed by atoms with van der Waals surface area (Å²) < 4.78 is 0. The molecule has 0 aliphatic carbocycles. The number of hydroxylamine groups is 1. The van der Waals surface area contributed by atoms with Crippen LogP contribution in [0, 0.1) is 13.8 Å². The summed E-state index contributed by atoms with van der Waals surface area (Å²) in [4.78, 5) is 20.9. The van der Waals surface area contributed by atoms with Crippen LogP contribution in [0.25, 0.3) is 11.6 Å². The van der Waals surface area contributed by atoms with Crippen LogP contribution < -0.4 is 5.06 Å². The second-order valence-corrected chi connectivity index (χ2v) is 4.91. The number of aryl methyl sites for hydroxylation is 2. The molecule has 1 aliphatic rings. The van der Waals surface area contributed by atoms with Crippen LogP contribution in [0.5, 0.6) is 0 Å². The molecule has 4 heteroatoms. The summed E-state index contributed by atoms with van der Waals surface area (Å²) in [6, 6.07) is 9.69. The monoisotopic (exact) mass is 268 g/mol. The first-order valence-electron chi connectivity index (χ1n) is 6.47. The molecule has 2 aromatic rings. The predicted octanol–water partition coefficient (Wildman–Crippen LogP) is 3.08. The number of benzene rings is 1. The number of hydrogen-bond donors (Lipinski definition) is 1. The van der Waals surface area contributed by atoms with Gasteiger partial charge in [-0.2, -0.15) is 5.06 Å². The van der Waals surface area contributed by atoms with E-state index in [1.807, 2.05) is 44.2 Å². The molecule has 0 fully saturated rings. The lowest BCUT2D eigenvalue weighted by molar-refractivity contribution is -0.118. The van der Waals surface area contributed by atoms with Gasteiger partial charge in [0, 0.05) is 17.0 Å². The third kappa shape index (κ3) is 1.85. The van der Waals surface area contributed by atoms with Gasteiger partial charge in [0.15, 0.2) is 0 Å². The highest BCUT2D eigenvalue weighted by atomic mass is 16.7. The van der Waals surface area contributed by atoms with Crippen molar-refractivity contribution >= 4 is 23.2 Å². The Morgan fingerprint density at radius 1 is 1.25 bits per heavy atom. The highest BCUT2D eigenvalue weighted by Gasteiger charge is 2.32. The van der Waals surface area contributed by atoms with Gasteiger partial charge in [0.25, 0.3) is 5.91 Å². The molecule has 1 aromatic heterocycles. The molecule has 3 rings (SSSR count). The fourth-order valence-corrected chi connectivity index (χ4v) is 2.58. The molecule has 0 saturated heterocycles. The van der Waals surface area contributed by atoms with Crippen molar-refractivity contribution in [2.24, 2.45) is 0 Å². The number of amides is 1. The number of aromatic nitrogens is 1. The molecule has 0 radical (unpaired) electrons. The van der Waals surface area contributed by atoms with Gasteiger partial charge in [0.1, 0.15) is 0 Å². The number of para-hydroxylation sites is 1. The molecule has 1 N–H and O–H groups in total. The zero-order chi connectivity index (χ0) is 14.3. The fourth-order valence-electron chi connectivity index (χ4n) is 2.58. The number of nitrogens with one attached hydrogen (secondary N) is 1. The lowest BCUT2D eigenvalue weighted by atomic mass is 10.1. The lowest BCUT2D eigenvalue weighted by Crippen LogP contribution is -2.24. The summed E-state index contributed by atoms with van der Waals surface area (Å²) in [6.07, 6.45) is 1.89. The van der Waals surface area contributed by atoms with E-state index >= 15 is 0 Å². The Bertz CT molecular complexity index is 713. The Kier molecular flexibility index (Phi) is 2.95. The summed E-state index contributed by atoms with van der Waals surface area (Å²) in [5.74, 6) is -0.139. The molecular weight excluding hydrogens is 252 g/mol. The standard InChI is InChI=1S/C16H16N2O2/c1-10-8-11(2)17-14(10)9-13-12-6-4-5-7-15(12)18(20-3)16(13)19/h4-9,17H,1-3H3/b13-9-. The Balaban J connectivity index is 2.15. The van der Waals surface area contributed by atoms with Crippen LogP contribution in [0.2, 0.25) is 0 Å². The summed E-state index contributed by atoms with van der Waals surface area (Å²) in [5.41, 5.74) is 5.48. The van der Waals surface area contributed by atoms with Crippen LogP contribution in [0.15, 0.2) is 30.3 Å². The number of H-pyrrole nitrogens is 1. The fraction of sp³-hybridized carbons (Fsp3) is 0.188. The van der Waals surface area contributed by atoms with Crippen molar-refractivity contribution < 1.29 is 9.63 Å². The van der Waals surface area contributed by atoms with E-state index in [-0.39, 0.29) is 5.91 Å². The minimum absolute atomic E-state index is 0.139. The molecule has 2 heterocycles. The van der Waals surface area contributed by atoms with Crippen molar-refractivity contribution in [2.45, 2.75) is 13.8 Å². The molecule has 0 spiro atoms. The highest BCUT2D eigenvalue weighted by molar-refractivity contribution is 6.35. The molecule has 0 saturated carbocycles. The van der Waals surface area contributed by atoms with Gasteiger partial charge in [0.05, 0.1) is 18.4 Å². The lowest BCUT2D eigenvalue weighted by Gasteiger charge is -2.12. The number of aromatic amines is 1. The molecule has 0 bridgehead atoms. The second-order valence-electron chi connectivity index (χ2n) is 4.91. The van der Waals surface area contributed by atoms with Gasteiger partial charge in [-0.1, -0.05) is 18.2 Å². The van der Waals surface area contributed by atoms with Crippen LogP contribution in [-0.4, -0.2) is 18.0 Å². The van der Waals surface area contributed by atoms with Gasteiger partial charge in [-0.25, -0.2) is 0 Å². The van der Waals surface area contributed by atoms with Crippen molar-refractivity contribution in [1.29, 1.82) is 0 Å². The maximum Gasteiger partial charge on any atom is 0.282 e. The number of carbonyl (C=O) groups is 1. The average molecular weight is 268 g/mol. The zero-order valence-corrected chi connectivity index (χ0v) is 11.7. The quantitative estimate of drug-likeness (QED) is 0.851. The van der Waals surface area contributed by atoms with E-state index in [9.17, 15) is 4.79 Å². The van der Waals surface area contributed by atoms with Crippen LogP contribution in [0.3, 0.4) is 0 Å². The predicted molar refractivity (Wildman–Crippen MR) is 79.1 cm³/mol. The minimum atomic E-state index is -0.139. The van der Waals surface area contributed by atoms with Gasteiger partial charge in [-0.05, 0) is 37.6 Å². The first kappa shape index (κ1) is 12.7. The van der Waals surface area contributed by atoms with Crippen LogP contribution in [0.1, 0.15) is 22.5 Å². The molecule has 0 unspecified atom stereocenters. The van der Waals surface area contributed by atoms with Gasteiger partial charge >= 0.3 is 0 Å². The van der Waals surface area contributed by atoms with Crippen LogP contribution in [0.4, 0.5) is 5.69 Å². The minimum Gasteiger partial charge on any atom is -0.359 e. The summed E-state index contributed by atoms with van der Waals surface area (Å²) in [5, 5.41) is 1.33. The number of fused-ring (bicyclic) bond motifs is 1. The van der Waals surface area contributed by atoms with Crippen molar-refractivity contribution in [1.82, 2.24) is 4.98 Å². The van der Waals surface area contributed by atoms with E-state index in [4.69, 9.17) is 4.84 Å². The maximum atomic E-state index is 12.4. The molecule has 1 aliphatic heterocycles. The Hall–Kier alpha value is -2.33. The van der Waals surface area contributed by atoms with E-state index in [2.05, 4.69) is 11.1 Å². The average Bonchev–Trinajstić information content (AvgIpc) is 2.88. The third-order valence-corrected chi connectivity index (χ3v) is 3.49. The summed E-state index contributed by atoms with van der Waals surface area (Å²) in [6.45, 7) is 4.02. The Morgan fingerprint density at radius 3 is 2.65 bits per heavy atom. The van der Waals surface area contributed by atoms with Crippen LogP contribution >= 0.6 is 0 Å². The van der Waals surface area contributed by atoms with Crippen molar-refractivity contribution in [3.8, 4) is 0 Å². The molecule has 4 nitrogen and oxygen atoms in total. The molecule has 102 valence electrons. The largest absolute Gasteiger partial charge is 0.359 e. The number of nitrogens with zero attached hydrogens (tertiary/aromatic N) is 1. The summed E-state index contributed by atoms with van der Waals surface area (Å²) in [7, 11) is 1.50. The zero-order valence-electron chi connectivity index (χ0n) is 11.7. The Labute approximate surface area is 117 Å². The molecule has 20 heavy (non-hydrogen) atoms. The normalized spacial score (nSPS) is 16.1. The van der Waals surface area contributed by atoms with E-state index in [0.29, 0.717) is 5.57 Å². The van der Waals surface area contributed by atoms with E-state index in [1.165, 1.54) is 12.2 Å². The SMILES string of the molecule is CON1C(=O)/C(=C\c2[nH]c(C)cc2C)c2ccccc21. The van der Waals surface area contributed by atoms with Crippen molar-refractivity contribution in [3.63, 3.8) is 0 Å². The van der Waals surface area contributed by atoms with Crippen molar-refractivity contribution in [3.05, 3.63) is 52.8 Å². The number of anilines is 1. The highest BCUT2D eigenvalue weighted by Crippen LogP contribution is 2.37. The number of rotatable bonds is 2. The first-order valence-corrected chi connectivity index (χ1v) is 6.47. The van der Waals surface area contributed by atoms with E-state index in [0.717, 1.165) is 28.2 Å². The van der Waals surface area contributed by atoms with Gasteiger partial charge in [0.2, 0.25) is 0 Å². The third-order valence-electron chi connectivity index (χ3n) is 3.49. The molecule has 1 amide bonds. The number of hydrogen-bond acceptors (Lipinski definition) is 2. The number of carbonyl (C=O) groups excluding carboxylic acids is 1. The molecule has 0 atom stereocenters. The molecule has 1 aromatic carbocycles. The topological polar surface area (TPSA) is 45.3 Å².